The fourth-order valence-electron chi connectivity index (χ4n) is 1.95. The average Bonchev–Trinajstić information content (AvgIpc) is 2.49. The molecular formula is C15H15F3N2O. The molecule has 0 spiro atoms. The number of nitrogens with zero attached hydrogens (tertiary/aromatic N) is 1. The quantitative estimate of drug-likeness (QED) is 0.859. The highest BCUT2D eigenvalue weighted by Gasteiger charge is 2.14. The molecule has 3 nitrogen and oxygen atoms in total. The van der Waals surface area contributed by atoms with Crippen LogP contribution in [0.15, 0.2) is 30.5 Å². The molecule has 0 fully saturated rings. The first-order chi connectivity index (χ1) is 10.0. The maximum absolute atomic E-state index is 13.2. The molecule has 1 heterocycles. The van der Waals surface area contributed by atoms with E-state index in [1.54, 1.807) is 19.2 Å². The summed E-state index contributed by atoms with van der Waals surface area (Å²) < 4.78 is 44.5. The van der Waals surface area contributed by atoms with Gasteiger partial charge >= 0.3 is 0 Å². The normalized spacial score (nSPS) is 12.2. The Balaban J connectivity index is 2.10. The highest BCUT2D eigenvalue weighted by molar-refractivity contribution is 5.26. The molecule has 0 amide bonds. The monoisotopic (exact) mass is 296 g/mol. The molecule has 0 unspecified atom stereocenters. The van der Waals surface area contributed by atoms with E-state index in [1.165, 1.54) is 7.11 Å². The average molecular weight is 296 g/mol. The summed E-state index contributed by atoms with van der Waals surface area (Å²) in [5, 5.41) is 3.09. The zero-order valence-electron chi connectivity index (χ0n) is 11.7. The molecule has 0 aliphatic carbocycles. The van der Waals surface area contributed by atoms with Crippen molar-refractivity contribution in [2.45, 2.75) is 19.5 Å². The van der Waals surface area contributed by atoms with Crippen LogP contribution in [0.3, 0.4) is 0 Å². The maximum Gasteiger partial charge on any atom is 0.217 e. The molecule has 0 bridgehead atoms. The Bertz CT molecular complexity index is 611. The molecule has 21 heavy (non-hydrogen) atoms. The fraction of sp³-hybridized carbons (Fsp3) is 0.267. The van der Waals surface area contributed by atoms with E-state index in [4.69, 9.17) is 4.74 Å². The first-order valence-corrected chi connectivity index (χ1v) is 6.38. The predicted octanol–water partition coefficient (Wildman–Crippen LogP) is 3.36. The van der Waals surface area contributed by atoms with Gasteiger partial charge in [-0.2, -0.15) is 0 Å². The van der Waals surface area contributed by atoms with Crippen LogP contribution < -0.4 is 10.1 Å². The maximum atomic E-state index is 13.2. The van der Waals surface area contributed by atoms with Crippen molar-refractivity contribution in [2.24, 2.45) is 0 Å². The van der Waals surface area contributed by atoms with Gasteiger partial charge < -0.3 is 10.1 Å². The van der Waals surface area contributed by atoms with Gasteiger partial charge in [-0.05, 0) is 30.7 Å². The molecule has 1 aromatic carbocycles. The van der Waals surface area contributed by atoms with Gasteiger partial charge in [0.25, 0.3) is 0 Å². The van der Waals surface area contributed by atoms with Crippen molar-refractivity contribution >= 4 is 0 Å². The summed E-state index contributed by atoms with van der Waals surface area (Å²) in [5.74, 6) is -3.37. The third-order valence-electron chi connectivity index (χ3n) is 3.15. The van der Waals surface area contributed by atoms with E-state index in [2.05, 4.69) is 10.3 Å². The fourth-order valence-corrected chi connectivity index (χ4v) is 1.95. The summed E-state index contributed by atoms with van der Waals surface area (Å²) in [7, 11) is 1.51. The molecule has 0 aliphatic rings. The molecule has 0 saturated heterocycles. The van der Waals surface area contributed by atoms with Gasteiger partial charge in [-0.25, -0.2) is 18.2 Å². The van der Waals surface area contributed by atoms with Crippen molar-refractivity contribution in [1.82, 2.24) is 10.3 Å². The van der Waals surface area contributed by atoms with E-state index < -0.39 is 17.5 Å². The van der Waals surface area contributed by atoms with Crippen LogP contribution in [-0.4, -0.2) is 12.1 Å². The second-order valence-electron chi connectivity index (χ2n) is 4.57. The van der Waals surface area contributed by atoms with Gasteiger partial charge in [-0.15, -0.1) is 0 Å². The van der Waals surface area contributed by atoms with Crippen LogP contribution in [0.1, 0.15) is 24.1 Å². The van der Waals surface area contributed by atoms with Crippen LogP contribution in [-0.2, 0) is 6.54 Å². The number of hydrogen-bond acceptors (Lipinski definition) is 3. The first-order valence-electron chi connectivity index (χ1n) is 6.38. The number of benzene rings is 1. The number of methoxy groups -OCH3 is 1. The lowest BCUT2D eigenvalue weighted by Crippen LogP contribution is -2.19. The number of nitrogens with one attached hydrogen (secondary N) is 1. The van der Waals surface area contributed by atoms with Gasteiger partial charge in [0.1, 0.15) is 0 Å². The molecule has 1 aromatic heterocycles. The number of hydrogen-bond donors (Lipinski definition) is 1. The van der Waals surface area contributed by atoms with Gasteiger partial charge in [0, 0.05) is 24.3 Å². The zero-order chi connectivity index (χ0) is 15.4. The van der Waals surface area contributed by atoms with Gasteiger partial charge in [0.2, 0.25) is 5.88 Å². The Morgan fingerprint density at radius 2 is 1.90 bits per heavy atom. The summed E-state index contributed by atoms with van der Waals surface area (Å²) in [4.78, 5) is 4.06. The third-order valence-corrected chi connectivity index (χ3v) is 3.15. The zero-order valence-corrected chi connectivity index (χ0v) is 11.7. The van der Waals surface area contributed by atoms with Crippen LogP contribution in [0, 0.1) is 17.5 Å². The highest BCUT2D eigenvalue weighted by Crippen LogP contribution is 2.20. The lowest BCUT2D eigenvalue weighted by Gasteiger charge is -2.15. The van der Waals surface area contributed by atoms with Crippen molar-refractivity contribution in [3.63, 3.8) is 0 Å². The Hall–Kier alpha value is -2.08. The SMILES string of the molecule is COc1ncccc1CN[C@@H](C)c1cc(F)c(F)c(F)c1. The Kier molecular flexibility index (Phi) is 4.80. The summed E-state index contributed by atoms with van der Waals surface area (Å²) >= 11 is 0. The Morgan fingerprint density at radius 3 is 2.52 bits per heavy atom. The molecule has 0 saturated carbocycles. The second-order valence-corrected chi connectivity index (χ2v) is 4.57. The first kappa shape index (κ1) is 15.3. The van der Waals surface area contributed by atoms with Gasteiger partial charge in [0.15, 0.2) is 17.5 Å². The molecule has 112 valence electrons. The lowest BCUT2D eigenvalue weighted by molar-refractivity contribution is 0.389. The number of halogens is 3. The molecule has 0 radical (unpaired) electrons. The van der Waals surface area contributed by atoms with Crippen molar-refractivity contribution in [3.8, 4) is 5.88 Å². The summed E-state index contributed by atoms with van der Waals surface area (Å²) in [6.07, 6.45) is 1.61. The minimum absolute atomic E-state index is 0.328. The lowest BCUT2D eigenvalue weighted by atomic mass is 10.1. The molecule has 1 atom stereocenters. The minimum Gasteiger partial charge on any atom is -0.481 e. The van der Waals surface area contributed by atoms with Gasteiger partial charge in [-0.3, -0.25) is 0 Å². The largest absolute Gasteiger partial charge is 0.481 e. The molecule has 0 aliphatic heterocycles. The van der Waals surface area contributed by atoms with Gasteiger partial charge in [0.05, 0.1) is 7.11 Å². The Morgan fingerprint density at radius 1 is 1.24 bits per heavy atom. The standard InChI is InChI=1S/C15H15F3N2O/c1-9(11-6-12(16)14(18)13(17)7-11)20-8-10-4-3-5-19-15(10)21-2/h3-7,9,20H,8H2,1-2H3/t9-/m0/s1. The topological polar surface area (TPSA) is 34.1 Å². The third kappa shape index (κ3) is 3.52. The van der Waals surface area contributed by atoms with Crippen LogP contribution in [0.2, 0.25) is 0 Å². The molecule has 2 rings (SSSR count). The smallest absolute Gasteiger partial charge is 0.217 e. The van der Waals surface area contributed by atoms with Crippen LogP contribution >= 0.6 is 0 Å². The van der Waals surface area contributed by atoms with Crippen molar-refractivity contribution < 1.29 is 17.9 Å². The van der Waals surface area contributed by atoms with E-state index in [0.717, 1.165) is 17.7 Å². The van der Waals surface area contributed by atoms with E-state index >= 15 is 0 Å². The summed E-state index contributed by atoms with van der Waals surface area (Å²) in [6.45, 7) is 2.13. The number of ether oxygens (including phenoxy) is 1. The second kappa shape index (κ2) is 6.58. The van der Waals surface area contributed by atoms with E-state index in [1.807, 2.05) is 6.07 Å². The van der Waals surface area contributed by atoms with Crippen LogP contribution in [0.5, 0.6) is 5.88 Å². The summed E-state index contributed by atoms with van der Waals surface area (Å²) in [6, 6.07) is 5.20. The van der Waals surface area contributed by atoms with Crippen LogP contribution in [0.4, 0.5) is 13.2 Å². The van der Waals surface area contributed by atoms with E-state index in [9.17, 15) is 13.2 Å². The van der Waals surface area contributed by atoms with E-state index in [0.29, 0.717) is 18.0 Å². The van der Waals surface area contributed by atoms with Crippen molar-refractivity contribution in [3.05, 3.63) is 59.0 Å². The Labute approximate surface area is 120 Å². The van der Waals surface area contributed by atoms with Crippen molar-refractivity contribution in [1.29, 1.82) is 0 Å². The highest BCUT2D eigenvalue weighted by atomic mass is 19.2. The van der Waals surface area contributed by atoms with Crippen LogP contribution in [0.25, 0.3) is 0 Å². The number of pyridine rings is 1. The van der Waals surface area contributed by atoms with Gasteiger partial charge in [-0.1, -0.05) is 6.07 Å². The van der Waals surface area contributed by atoms with Crippen molar-refractivity contribution in [2.75, 3.05) is 7.11 Å². The predicted molar refractivity (Wildman–Crippen MR) is 72.4 cm³/mol. The summed E-state index contributed by atoms with van der Waals surface area (Å²) in [5.41, 5.74) is 1.14. The molecular weight excluding hydrogens is 281 g/mol. The number of rotatable bonds is 5. The molecule has 6 heteroatoms. The molecule has 1 N–H and O–H groups in total. The number of aromatic nitrogens is 1. The minimum atomic E-state index is -1.46. The molecule has 2 aromatic rings. The van der Waals surface area contributed by atoms with E-state index in [-0.39, 0.29) is 6.04 Å².